The van der Waals surface area contributed by atoms with Crippen molar-refractivity contribution in [2.24, 2.45) is 5.92 Å². The molecule has 0 spiro atoms. The van der Waals surface area contributed by atoms with E-state index in [2.05, 4.69) is 31.7 Å². The van der Waals surface area contributed by atoms with Crippen LogP contribution in [0.5, 0.6) is 0 Å². The lowest BCUT2D eigenvalue weighted by molar-refractivity contribution is 0.190. The lowest BCUT2D eigenvalue weighted by Crippen LogP contribution is -2.37. The molecule has 0 aliphatic heterocycles. The van der Waals surface area contributed by atoms with Crippen LogP contribution in [0.2, 0.25) is 0 Å². The van der Waals surface area contributed by atoms with Gasteiger partial charge in [-0.1, -0.05) is 18.6 Å². The second kappa shape index (κ2) is 5.35. The minimum Gasteiger partial charge on any atom is -0.297 e. The van der Waals surface area contributed by atoms with Crippen LogP contribution in [0.4, 0.5) is 0 Å². The van der Waals surface area contributed by atoms with Crippen molar-refractivity contribution >= 4 is 0 Å². The van der Waals surface area contributed by atoms with Crippen molar-refractivity contribution in [1.29, 1.82) is 0 Å². The summed E-state index contributed by atoms with van der Waals surface area (Å²) in [5.74, 6) is 0.781. The topological polar surface area (TPSA) is 3.24 Å². The molecule has 1 unspecified atom stereocenters. The molecule has 0 saturated heterocycles. The summed E-state index contributed by atoms with van der Waals surface area (Å²) in [6.45, 7) is 8.41. The second-order valence-corrected chi connectivity index (χ2v) is 5.95. The molecule has 1 saturated carbocycles. The largest absolute Gasteiger partial charge is 0.297 e. The van der Waals surface area contributed by atoms with Crippen LogP contribution in [0.1, 0.15) is 59.3 Å². The van der Waals surface area contributed by atoms with E-state index < -0.39 is 0 Å². The lowest BCUT2D eigenvalue weighted by atomic mass is 9.90. The van der Waals surface area contributed by atoms with Crippen molar-refractivity contribution < 1.29 is 0 Å². The van der Waals surface area contributed by atoms with E-state index in [1.54, 1.807) is 5.57 Å². The molecule has 0 amide bonds. The van der Waals surface area contributed by atoms with Crippen LogP contribution in [0, 0.1) is 5.92 Å². The zero-order valence-corrected chi connectivity index (χ0v) is 11.2. The highest BCUT2D eigenvalue weighted by Gasteiger charge is 2.31. The average Bonchev–Trinajstić information content (AvgIpc) is 3.10. The van der Waals surface area contributed by atoms with Crippen molar-refractivity contribution in [2.45, 2.75) is 71.4 Å². The molecule has 0 bridgehead atoms. The molecule has 1 heteroatoms. The van der Waals surface area contributed by atoms with Crippen LogP contribution in [0.25, 0.3) is 0 Å². The predicted molar refractivity (Wildman–Crippen MR) is 70.6 cm³/mol. The Labute approximate surface area is 101 Å². The average molecular weight is 221 g/mol. The van der Waals surface area contributed by atoms with Crippen LogP contribution in [0.15, 0.2) is 11.6 Å². The first-order valence-corrected chi connectivity index (χ1v) is 7.13. The molecule has 0 radical (unpaired) electrons. The maximum absolute atomic E-state index is 2.72. The summed E-state index contributed by atoms with van der Waals surface area (Å²) < 4.78 is 0. The highest BCUT2D eigenvalue weighted by molar-refractivity contribution is 5.09. The van der Waals surface area contributed by atoms with Gasteiger partial charge in [0.05, 0.1) is 0 Å². The van der Waals surface area contributed by atoms with Gasteiger partial charge in [-0.25, -0.2) is 0 Å². The van der Waals surface area contributed by atoms with E-state index in [1.165, 1.54) is 45.1 Å². The zero-order valence-electron chi connectivity index (χ0n) is 11.2. The van der Waals surface area contributed by atoms with Gasteiger partial charge in [-0.2, -0.15) is 0 Å². The number of hydrogen-bond donors (Lipinski definition) is 0. The molecular weight excluding hydrogens is 194 g/mol. The lowest BCUT2D eigenvalue weighted by Gasteiger charge is -2.31. The normalized spacial score (nSPS) is 23.7. The van der Waals surface area contributed by atoms with Gasteiger partial charge in [0.1, 0.15) is 0 Å². The smallest absolute Gasteiger partial charge is 0.00993 e. The summed E-state index contributed by atoms with van der Waals surface area (Å²) in [6.07, 6.45) is 10.9. The van der Waals surface area contributed by atoms with Crippen molar-refractivity contribution in [1.82, 2.24) is 4.90 Å². The van der Waals surface area contributed by atoms with Gasteiger partial charge < -0.3 is 0 Å². The van der Waals surface area contributed by atoms with Crippen molar-refractivity contribution in [2.75, 3.05) is 6.54 Å². The fraction of sp³-hybridized carbons (Fsp3) is 0.867. The Morgan fingerprint density at radius 2 is 2.00 bits per heavy atom. The highest BCUT2D eigenvalue weighted by Crippen LogP contribution is 2.32. The molecule has 0 aromatic heterocycles. The highest BCUT2D eigenvalue weighted by atomic mass is 15.2. The van der Waals surface area contributed by atoms with Gasteiger partial charge in [-0.3, -0.25) is 4.90 Å². The Hall–Kier alpha value is -0.300. The molecule has 0 aromatic rings. The molecule has 1 fully saturated rings. The van der Waals surface area contributed by atoms with Crippen LogP contribution >= 0.6 is 0 Å². The second-order valence-electron chi connectivity index (χ2n) is 5.95. The van der Waals surface area contributed by atoms with Crippen LogP contribution in [0.3, 0.4) is 0 Å². The molecule has 2 aliphatic rings. The fourth-order valence-electron chi connectivity index (χ4n) is 2.93. The van der Waals surface area contributed by atoms with Crippen LogP contribution in [-0.4, -0.2) is 23.5 Å². The van der Waals surface area contributed by atoms with Gasteiger partial charge in [0.15, 0.2) is 0 Å². The number of rotatable bonds is 5. The minimum atomic E-state index is 0.721. The SMILES string of the molecule is CC(CN(C(C)C)C1CC1)C1=CCCCC1. The summed E-state index contributed by atoms with van der Waals surface area (Å²) in [7, 11) is 0. The molecular formula is C15H27N. The van der Waals surface area contributed by atoms with E-state index in [0.717, 1.165) is 18.0 Å². The van der Waals surface area contributed by atoms with E-state index in [9.17, 15) is 0 Å². The van der Waals surface area contributed by atoms with Gasteiger partial charge in [0.25, 0.3) is 0 Å². The molecule has 0 heterocycles. The monoisotopic (exact) mass is 221 g/mol. The number of allylic oxidation sites excluding steroid dienone is 1. The fourth-order valence-corrected chi connectivity index (χ4v) is 2.93. The first kappa shape index (κ1) is 12.2. The van der Waals surface area contributed by atoms with E-state index in [4.69, 9.17) is 0 Å². The maximum Gasteiger partial charge on any atom is 0.00993 e. The van der Waals surface area contributed by atoms with Gasteiger partial charge in [-0.15, -0.1) is 0 Å². The third-order valence-electron chi connectivity index (χ3n) is 4.12. The summed E-state index contributed by atoms with van der Waals surface area (Å²) in [6, 6.07) is 1.63. The summed E-state index contributed by atoms with van der Waals surface area (Å²) in [5.41, 5.74) is 1.73. The Morgan fingerprint density at radius 3 is 2.50 bits per heavy atom. The molecule has 2 rings (SSSR count). The third kappa shape index (κ3) is 3.10. The van der Waals surface area contributed by atoms with E-state index >= 15 is 0 Å². The Balaban J connectivity index is 1.88. The molecule has 1 atom stereocenters. The third-order valence-corrected chi connectivity index (χ3v) is 4.12. The van der Waals surface area contributed by atoms with Gasteiger partial charge in [0, 0.05) is 18.6 Å². The Kier molecular flexibility index (Phi) is 4.07. The first-order chi connectivity index (χ1) is 7.68. The number of hydrogen-bond acceptors (Lipinski definition) is 1. The predicted octanol–water partition coefficient (Wildman–Crippen LogP) is 4.00. The maximum atomic E-state index is 2.72. The molecule has 2 aliphatic carbocycles. The minimum absolute atomic E-state index is 0.721. The molecule has 1 nitrogen and oxygen atoms in total. The van der Waals surface area contributed by atoms with Gasteiger partial charge in [-0.05, 0) is 58.3 Å². The van der Waals surface area contributed by atoms with Gasteiger partial charge in [0.2, 0.25) is 0 Å². The van der Waals surface area contributed by atoms with Gasteiger partial charge >= 0.3 is 0 Å². The summed E-state index contributed by atoms with van der Waals surface area (Å²) in [5, 5.41) is 0. The molecule has 0 N–H and O–H groups in total. The van der Waals surface area contributed by atoms with Crippen molar-refractivity contribution in [3.8, 4) is 0 Å². The van der Waals surface area contributed by atoms with Crippen molar-refractivity contribution in [3.63, 3.8) is 0 Å². The van der Waals surface area contributed by atoms with E-state index in [-0.39, 0.29) is 0 Å². The Morgan fingerprint density at radius 1 is 1.25 bits per heavy atom. The zero-order chi connectivity index (χ0) is 11.5. The quantitative estimate of drug-likeness (QED) is 0.634. The number of nitrogens with zero attached hydrogens (tertiary/aromatic N) is 1. The van der Waals surface area contributed by atoms with Crippen LogP contribution in [-0.2, 0) is 0 Å². The standard InChI is InChI=1S/C15H27N/c1-12(2)16(15-9-10-15)11-13(3)14-7-5-4-6-8-14/h7,12-13,15H,4-6,8-11H2,1-3H3. The van der Waals surface area contributed by atoms with Crippen molar-refractivity contribution in [3.05, 3.63) is 11.6 Å². The molecule has 92 valence electrons. The Bertz CT molecular complexity index is 248. The molecule has 0 aromatic carbocycles. The summed E-state index contributed by atoms with van der Waals surface area (Å²) in [4.78, 5) is 2.72. The summed E-state index contributed by atoms with van der Waals surface area (Å²) >= 11 is 0. The van der Waals surface area contributed by atoms with E-state index in [0.29, 0.717) is 0 Å². The van der Waals surface area contributed by atoms with E-state index in [1.807, 2.05) is 0 Å². The van der Waals surface area contributed by atoms with Crippen LogP contribution < -0.4 is 0 Å². The first-order valence-electron chi connectivity index (χ1n) is 7.13. The molecule has 16 heavy (non-hydrogen) atoms.